The lowest BCUT2D eigenvalue weighted by molar-refractivity contribution is -0.133. The predicted octanol–water partition coefficient (Wildman–Crippen LogP) is 1.85. The summed E-state index contributed by atoms with van der Waals surface area (Å²) in [4.78, 5) is 16.5. The fourth-order valence-corrected chi connectivity index (χ4v) is 3.54. The van der Waals surface area contributed by atoms with Crippen LogP contribution in [-0.4, -0.2) is 61.5 Å². The molecule has 0 aromatic heterocycles. The van der Waals surface area contributed by atoms with Crippen molar-refractivity contribution in [2.24, 2.45) is 0 Å². The zero-order valence-corrected chi connectivity index (χ0v) is 13.2. The van der Waals surface area contributed by atoms with Crippen LogP contribution in [0, 0.1) is 0 Å². The Labute approximate surface area is 123 Å². The Hall–Kier alpha value is -0.610. The highest BCUT2D eigenvalue weighted by atomic mass is 16.2. The normalized spacial score (nSPS) is 24.9. The van der Waals surface area contributed by atoms with E-state index in [-0.39, 0.29) is 5.91 Å². The number of amides is 1. The highest BCUT2D eigenvalue weighted by molar-refractivity contribution is 5.78. The second-order valence-electron chi connectivity index (χ2n) is 6.64. The van der Waals surface area contributed by atoms with E-state index >= 15 is 0 Å². The lowest BCUT2D eigenvalue weighted by Crippen LogP contribution is -2.47. The number of carbonyl (C=O) groups is 1. The maximum atomic E-state index is 12.4. The Morgan fingerprint density at radius 2 is 1.75 bits per heavy atom. The van der Waals surface area contributed by atoms with Gasteiger partial charge in [0.1, 0.15) is 0 Å². The number of likely N-dealkylation sites (N-methyl/N-ethyl adjacent to an activating group) is 2. The summed E-state index contributed by atoms with van der Waals surface area (Å²) in [5.74, 6) is 0.287. The standard InChI is InChI=1S/C16H31N3O/c1-18(12-14-8-6-7-11-17-14)13-16(20)19(2)15-9-4-3-5-10-15/h14-15,17H,3-13H2,1-2H3. The fourth-order valence-electron chi connectivity index (χ4n) is 3.54. The number of hydrogen-bond donors (Lipinski definition) is 1. The van der Waals surface area contributed by atoms with E-state index in [0.717, 1.165) is 13.1 Å². The summed E-state index contributed by atoms with van der Waals surface area (Å²) in [6.07, 6.45) is 10.1. The topological polar surface area (TPSA) is 35.6 Å². The Kier molecular flexibility index (Phi) is 6.30. The van der Waals surface area contributed by atoms with E-state index in [1.54, 1.807) is 0 Å². The van der Waals surface area contributed by atoms with Gasteiger partial charge in [0.25, 0.3) is 0 Å². The van der Waals surface area contributed by atoms with Gasteiger partial charge in [-0.25, -0.2) is 0 Å². The number of piperidine rings is 1. The summed E-state index contributed by atoms with van der Waals surface area (Å²) >= 11 is 0. The summed E-state index contributed by atoms with van der Waals surface area (Å²) < 4.78 is 0. The molecule has 4 heteroatoms. The van der Waals surface area contributed by atoms with Crippen molar-refractivity contribution in [3.05, 3.63) is 0 Å². The summed E-state index contributed by atoms with van der Waals surface area (Å²) in [5.41, 5.74) is 0. The molecule has 20 heavy (non-hydrogen) atoms. The minimum atomic E-state index is 0.287. The van der Waals surface area contributed by atoms with Crippen molar-refractivity contribution in [2.75, 3.05) is 33.7 Å². The average molecular weight is 281 g/mol. The van der Waals surface area contributed by atoms with E-state index < -0.39 is 0 Å². The molecule has 116 valence electrons. The van der Waals surface area contributed by atoms with Crippen molar-refractivity contribution in [3.8, 4) is 0 Å². The van der Waals surface area contributed by atoms with E-state index in [9.17, 15) is 4.79 Å². The van der Waals surface area contributed by atoms with E-state index in [0.29, 0.717) is 18.6 Å². The van der Waals surface area contributed by atoms with Crippen LogP contribution in [0.5, 0.6) is 0 Å². The molecule has 0 spiro atoms. The van der Waals surface area contributed by atoms with Crippen molar-refractivity contribution in [2.45, 2.75) is 63.5 Å². The first-order chi connectivity index (χ1) is 9.66. The molecule has 1 unspecified atom stereocenters. The molecule has 1 atom stereocenters. The van der Waals surface area contributed by atoms with Gasteiger partial charge in [0, 0.05) is 25.7 Å². The van der Waals surface area contributed by atoms with Gasteiger partial charge in [-0.1, -0.05) is 25.7 Å². The number of nitrogens with zero attached hydrogens (tertiary/aromatic N) is 2. The third-order valence-electron chi connectivity index (χ3n) is 4.87. The largest absolute Gasteiger partial charge is 0.342 e. The molecule has 1 heterocycles. The Balaban J connectivity index is 1.71. The molecule has 1 amide bonds. The molecule has 0 aromatic carbocycles. The lowest BCUT2D eigenvalue weighted by Gasteiger charge is -2.33. The van der Waals surface area contributed by atoms with Crippen LogP contribution in [0.1, 0.15) is 51.4 Å². The molecule has 1 saturated heterocycles. The zero-order chi connectivity index (χ0) is 14.4. The summed E-state index contributed by atoms with van der Waals surface area (Å²) in [5, 5.41) is 3.55. The Bertz CT molecular complexity index is 296. The molecule has 0 radical (unpaired) electrons. The quantitative estimate of drug-likeness (QED) is 0.835. The van der Waals surface area contributed by atoms with Gasteiger partial charge in [-0.05, 0) is 39.3 Å². The zero-order valence-electron chi connectivity index (χ0n) is 13.2. The first-order valence-corrected chi connectivity index (χ1v) is 8.34. The molecule has 1 N–H and O–H groups in total. The fraction of sp³-hybridized carbons (Fsp3) is 0.938. The molecule has 2 rings (SSSR count). The maximum Gasteiger partial charge on any atom is 0.236 e. The van der Waals surface area contributed by atoms with Gasteiger partial charge in [0.15, 0.2) is 0 Å². The summed E-state index contributed by atoms with van der Waals surface area (Å²) in [6.45, 7) is 2.68. The van der Waals surface area contributed by atoms with Gasteiger partial charge in [-0.3, -0.25) is 9.69 Å². The molecule has 4 nitrogen and oxygen atoms in total. The molecule has 1 saturated carbocycles. The second kappa shape index (κ2) is 7.99. The summed E-state index contributed by atoms with van der Waals surface area (Å²) in [6, 6.07) is 1.05. The van der Waals surface area contributed by atoms with Gasteiger partial charge in [-0.2, -0.15) is 0 Å². The number of nitrogens with one attached hydrogen (secondary N) is 1. The molecule has 2 aliphatic rings. The van der Waals surface area contributed by atoms with Crippen LogP contribution in [0.3, 0.4) is 0 Å². The van der Waals surface area contributed by atoms with Gasteiger partial charge in [0.2, 0.25) is 5.91 Å². The highest BCUT2D eigenvalue weighted by Gasteiger charge is 2.23. The lowest BCUT2D eigenvalue weighted by atomic mass is 9.94. The summed E-state index contributed by atoms with van der Waals surface area (Å²) in [7, 11) is 4.06. The van der Waals surface area contributed by atoms with Gasteiger partial charge in [0.05, 0.1) is 6.54 Å². The van der Waals surface area contributed by atoms with Crippen LogP contribution in [-0.2, 0) is 4.79 Å². The predicted molar refractivity (Wildman–Crippen MR) is 82.8 cm³/mol. The minimum absolute atomic E-state index is 0.287. The van der Waals surface area contributed by atoms with Crippen LogP contribution >= 0.6 is 0 Å². The molecule has 0 bridgehead atoms. The SMILES string of the molecule is CN(CC(=O)N(C)C1CCCCC1)CC1CCCCN1. The van der Waals surface area contributed by atoms with E-state index in [1.807, 2.05) is 11.9 Å². The van der Waals surface area contributed by atoms with E-state index in [4.69, 9.17) is 0 Å². The molecular weight excluding hydrogens is 250 g/mol. The van der Waals surface area contributed by atoms with Gasteiger partial charge >= 0.3 is 0 Å². The third-order valence-corrected chi connectivity index (χ3v) is 4.87. The van der Waals surface area contributed by atoms with Crippen LogP contribution in [0.15, 0.2) is 0 Å². The van der Waals surface area contributed by atoms with Gasteiger partial charge < -0.3 is 10.2 Å². The van der Waals surface area contributed by atoms with Crippen molar-refractivity contribution in [3.63, 3.8) is 0 Å². The minimum Gasteiger partial charge on any atom is -0.342 e. The van der Waals surface area contributed by atoms with Crippen LogP contribution in [0.4, 0.5) is 0 Å². The van der Waals surface area contributed by atoms with Crippen LogP contribution in [0.25, 0.3) is 0 Å². The van der Waals surface area contributed by atoms with Gasteiger partial charge in [-0.15, -0.1) is 0 Å². The molecule has 0 aromatic rings. The molecule has 2 fully saturated rings. The number of carbonyl (C=O) groups excluding carboxylic acids is 1. The molecular formula is C16H31N3O. The Morgan fingerprint density at radius 1 is 1.05 bits per heavy atom. The highest BCUT2D eigenvalue weighted by Crippen LogP contribution is 2.21. The Morgan fingerprint density at radius 3 is 2.40 bits per heavy atom. The van der Waals surface area contributed by atoms with E-state index in [2.05, 4.69) is 17.3 Å². The third kappa shape index (κ3) is 4.74. The van der Waals surface area contributed by atoms with Crippen molar-refractivity contribution < 1.29 is 4.79 Å². The number of rotatable bonds is 5. The molecule has 1 aliphatic carbocycles. The first-order valence-electron chi connectivity index (χ1n) is 8.34. The first kappa shape index (κ1) is 15.8. The van der Waals surface area contributed by atoms with Crippen LogP contribution in [0.2, 0.25) is 0 Å². The maximum absolute atomic E-state index is 12.4. The second-order valence-corrected chi connectivity index (χ2v) is 6.64. The smallest absolute Gasteiger partial charge is 0.236 e. The monoisotopic (exact) mass is 281 g/mol. The van der Waals surface area contributed by atoms with Crippen molar-refractivity contribution >= 4 is 5.91 Å². The number of hydrogen-bond acceptors (Lipinski definition) is 3. The van der Waals surface area contributed by atoms with Crippen molar-refractivity contribution in [1.29, 1.82) is 0 Å². The average Bonchev–Trinajstić information content (AvgIpc) is 2.48. The van der Waals surface area contributed by atoms with Crippen molar-refractivity contribution in [1.82, 2.24) is 15.1 Å². The van der Waals surface area contributed by atoms with E-state index in [1.165, 1.54) is 51.4 Å². The molecule has 1 aliphatic heterocycles. The van der Waals surface area contributed by atoms with Crippen LogP contribution < -0.4 is 5.32 Å².